The third-order valence-electron chi connectivity index (χ3n) is 8.49. The molecular weight excluding hydrogens is 693 g/mol. The lowest BCUT2D eigenvalue weighted by atomic mass is 9.95. The number of unbranched alkanes of at least 4 members (excludes halogenated alkanes) is 4. The minimum atomic E-state index is -4.16. The van der Waals surface area contributed by atoms with Crippen molar-refractivity contribution in [2.24, 2.45) is 0 Å². The van der Waals surface area contributed by atoms with Crippen LogP contribution in [0.5, 0.6) is 5.75 Å². The van der Waals surface area contributed by atoms with Crippen molar-refractivity contribution in [2.75, 3.05) is 6.61 Å². The Balaban J connectivity index is 1.26. The first-order valence-electron chi connectivity index (χ1n) is 17.6. The molecule has 11 heteroatoms. The number of rotatable bonds is 16. The number of hydrogen-bond donors (Lipinski definition) is 2. The zero-order valence-electron chi connectivity index (χ0n) is 30.1. The van der Waals surface area contributed by atoms with Crippen molar-refractivity contribution in [3.05, 3.63) is 119 Å². The monoisotopic (exact) mass is 738 g/mol. The number of sulfonamides is 1. The molecule has 3 aromatic carbocycles. The maximum atomic E-state index is 13.5. The molecule has 2 amide bonds. The zero-order chi connectivity index (χ0) is 37.1. The van der Waals surface area contributed by atoms with E-state index in [1.165, 1.54) is 49.2 Å². The predicted molar refractivity (Wildman–Crippen MR) is 207 cm³/mol. The number of carbonyl (C=O) groups excluding carboxylic acids is 2. The lowest BCUT2D eigenvalue weighted by Crippen LogP contribution is -2.49. The molecule has 0 aliphatic carbocycles. The molecule has 0 unspecified atom stereocenters. The third kappa shape index (κ3) is 10.6. The molecule has 0 saturated heterocycles. The first-order chi connectivity index (χ1) is 24.9. The number of hydrogen-bond acceptors (Lipinski definition) is 8. The van der Waals surface area contributed by atoms with Crippen LogP contribution in [-0.4, -0.2) is 42.8 Å². The Hall–Kier alpha value is -4.87. The molecule has 2 aromatic heterocycles. The maximum Gasteiger partial charge on any atom is 0.264 e. The second-order valence-corrected chi connectivity index (χ2v) is 16.5. The number of thiophene rings is 1. The first-order valence-corrected chi connectivity index (χ1v) is 19.9. The van der Waals surface area contributed by atoms with Gasteiger partial charge in [-0.15, -0.1) is 11.3 Å². The van der Waals surface area contributed by atoms with Crippen LogP contribution in [0.1, 0.15) is 79.9 Å². The Morgan fingerprint density at radius 2 is 1.44 bits per heavy atom. The minimum Gasteiger partial charge on any atom is -0.494 e. The summed E-state index contributed by atoms with van der Waals surface area (Å²) < 4.78 is 34.1. The van der Waals surface area contributed by atoms with Crippen molar-refractivity contribution in [1.82, 2.24) is 20.0 Å². The summed E-state index contributed by atoms with van der Waals surface area (Å²) >= 11 is 1.34. The first kappa shape index (κ1) is 38.4. The summed E-state index contributed by atoms with van der Waals surface area (Å²) in [6.45, 7) is 9.09. The highest BCUT2D eigenvalue weighted by Crippen LogP contribution is 2.30. The van der Waals surface area contributed by atoms with E-state index in [1.807, 2.05) is 54.6 Å². The summed E-state index contributed by atoms with van der Waals surface area (Å²) in [7, 11) is -4.16. The van der Waals surface area contributed by atoms with E-state index in [1.54, 1.807) is 36.7 Å². The predicted octanol–water partition coefficient (Wildman–Crippen LogP) is 8.37. The number of carbonyl (C=O) groups is 2. The van der Waals surface area contributed by atoms with Gasteiger partial charge in [0.25, 0.3) is 21.8 Å². The average Bonchev–Trinajstić information content (AvgIpc) is 3.66. The van der Waals surface area contributed by atoms with Gasteiger partial charge < -0.3 is 10.1 Å². The molecule has 0 fully saturated rings. The van der Waals surface area contributed by atoms with Crippen LogP contribution in [-0.2, 0) is 26.7 Å². The summed E-state index contributed by atoms with van der Waals surface area (Å²) in [6.07, 6.45) is 9.59. The smallest absolute Gasteiger partial charge is 0.264 e. The number of benzene rings is 3. The van der Waals surface area contributed by atoms with Gasteiger partial charge in [0.2, 0.25) is 0 Å². The third-order valence-corrected chi connectivity index (χ3v) is 11.4. The number of nitrogens with one attached hydrogen (secondary N) is 2. The fourth-order valence-electron chi connectivity index (χ4n) is 5.45. The van der Waals surface area contributed by atoms with Crippen LogP contribution in [0.3, 0.4) is 0 Å². The second kappa shape index (κ2) is 17.6. The molecule has 0 spiro atoms. The molecule has 0 saturated carbocycles. The number of amides is 2. The van der Waals surface area contributed by atoms with Gasteiger partial charge in [-0.25, -0.2) is 23.1 Å². The van der Waals surface area contributed by atoms with E-state index in [2.05, 4.69) is 47.7 Å². The molecule has 5 aromatic rings. The molecule has 0 radical (unpaired) electrons. The van der Waals surface area contributed by atoms with Crippen LogP contribution in [0, 0.1) is 0 Å². The highest BCUT2D eigenvalue weighted by molar-refractivity contribution is 7.90. The lowest BCUT2D eigenvalue weighted by molar-refractivity contribution is -0.121. The number of aromatic nitrogens is 2. The molecule has 0 aliphatic heterocycles. The molecule has 2 heterocycles. The Bertz CT molecular complexity index is 2020. The molecule has 2 N–H and O–H groups in total. The van der Waals surface area contributed by atoms with Gasteiger partial charge in [0.1, 0.15) is 11.8 Å². The summed E-state index contributed by atoms with van der Waals surface area (Å²) in [5.41, 5.74) is 3.19. The topological polar surface area (TPSA) is 127 Å². The van der Waals surface area contributed by atoms with E-state index in [-0.39, 0.29) is 16.7 Å². The molecule has 9 nitrogen and oxygen atoms in total. The molecule has 1 atom stereocenters. The summed E-state index contributed by atoms with van der Waals surface area (Å²) in [6, 6.07) is 25.3. The van der Waals surface area contributed by atoms with Crippen molar-refractivity contribution < 1.29 is 22.7 Å². The van der Waals surface area contributed by atoms with Crippen molar-refractivity contribution >= 4 is 33.2 Å². The van der Waals surface area contributed by atoms with E-state index < -0.39 is 27.9 Å². The van der Waals surface area contributed by atoms with E-state index >= 15 is 0 Å². The molecule has 272 valence electrons. The Kier molecular flexibility index (Phi) is 13.0. The molecule has 52 heavy (non-hydrogen) atoms. The Morgan fingerprint density at radius 1 is 0.788 bits per heavy atom. The second-order valence-electron chi connectivity index (χ2n) is 13.7. The van der Waals surface area contributed by atoms with Crippen LogP contribution in [0.15, 0.2) is 108 Å². The fraction of sp³-hybridized carbons (Fsp3) is 0.317. The summed E-state index contributed by atoms with van der Waals surface area (Å²) in [4.78, 5) is 37.4. The van der Waals surface area contributed by atoms with Gasteiger partial charge in [-0.1, -0.05) is 108 Å². The van der Waals surface area contributed by atoms with E-state index in [4.69, 9.17) is 4.74 Å². The van der Waals surface area contributed by atoms with Crippen LogP contribution in [0.2, 0.25) is 0 Å². The number of nitrogens with zero attached hydrogens (tertiary/aromatic N) is 2. The molecule has 5 rings (SSSR count). The van der Waals surface area contributed by atoms with Crippen molar-refractivity contribution in [1.29, 1.82) is 0 Å². The van der Waals surface area contributed by atoms with Gasteiger partial charge in [0.05, 0.1) is 16.4 Å². The molecule has 0 aliphatic rings. The van der Waals surface area contributed by atoms with Crippen molar-refractivity contribution in [3.63, 3.8) is 0 Å². The Morgan fingerprint density at radius 3 is 2.08 bits per heavy atom. The van der Waals surface area contributed by atoms with Crippen molar-refractivity contribution in [2.45, 2.75) is 82.6 Å². The van der Waals surface area contributed by atoms with Crippen molar-refractivity contribution in [3.8, 4) is 28.3 Å². The highest BCUT2D eigenvalue weighted by Gasteiger charge is 2.28. The SMILES string of the molecule is CCCCCCCOc1ccc(-c2cnc(-c3ccc(C[C@H](NC(=O)c4ccc(C(C)(C)C)s4)C(=O)NS(=O)(=O)c4ccccc4)cc3)nc2)cc1. The number of ether oxygens (including phenoxy) is 1. The molecule has 0 bridgehead atoms. The van der Waals surface area contributed by atoms with E-state index in [0.29, 0.717) is 22.9 Å². The largest absolute Gasteiger partial charge is 0.494 e. The maximum absolute atomic E-state index is 13.5. The van der Waals surface area contributed by atoms with Crippen LogP contribution < -0.4 is 14.8 Å². The van der Waals surface area contributed by atoms with Crippen LogP contribution in [0.25, 0.3) is 22.5 Å². The van der Waals surface area contributed by atoms with Gasteiger partial charge in [-0.2, -0.15) is 0 Å². The minimum absolute atomic E-state index is 0.0496. The quantitative estimate of drug-likeness (QED) is 0.0975. The summed E-state index contributed by atoms with van der Waals surface area (Å²) in [5, 5.41) is 2.77. The molecular formula is C41H46N4O5S2. The van der Waals surface area contributed by atoms with Gasteiger partial charge in [-0.3, -0.25) is 9.59 Å². The standard InChI is InChI=1S/C41H46N4O5S2/c1-5-6-7-8-12-25-50-33-21-19-30(20-22-33)32-27-42-38(43-28-32)31-17-15-29(16-18-31)26-35(39(46)45-52(48,49)34-13-10-9-11-14-34)44-40(47)36-23-24-37(51-36)41(2,3)4/h9-11,13-24,27-28,35H,5-8,12,25-26H2,1-4H3,(H,44,47)(H,45,46)/t35-/m0/s1. The summed E-state index contributed by atoms with van der Waals surface area (Å²) in [5.74, 6) is 0.0787. The van der Waals surface area contributed by atoms with Crippen LogP contribution >= 0.6 is 11.3 Å². The van der Waals surface area contributed by atoms with Gasteiger partial charge >= 0.3 is 0 Å². The normalized spacial score (nSPS) is 12.2. The highest BCUT2D eigenvalue weighted by atomic mass is 32.2. The zero-order valence-corrected chi connectivity index (χ0v) is 31.7. The lowest BCUT2D eigenvalue weighted by Gasteiger charge is -2.19. The van der Waals surface area contributed by atoms with Crippen LogP contribution in [0.4, 0.5) is 0 Å². The average molecular weight is 739 g/mol. The Labute approximate surface area is 311 Å². The van der Waals surface area contributed by atoms with Gasteiger partial charge in [-0.05, 0) is 59.4 Å². The van der Waals surface area contributed by atoms with E-state index in [9.17, 15) is 18.0 Å². The van der Waals surface area contributed by atoms with E-state index in [0.717, 1.165) is 33.7 Å². The van der Waals surface area contributed by atoms with Gasteiger partial charge in [0.15, 0.2) is 5.82 Å². The van der Waals surface area contributed by atoms with Gasteiger partial charge in [0, 0.05) is 34.8 Å². The fourth-order valence-corrected chi connectivity index (χ4v) is 7.46.